The molecule has 0 unspecified atom stereocenters. The van der Waals surface area contributed by atoms with E-state index in [0.29, 0.717) is 0 Å². The summed E-state index contributed by atoms with van der Waals surface area (Å²) in [6.45, 7) is 0. The van der Waals surface area contributed by atoms with Crippen molar-refractivity contribution in [3.8, 4) is 0 Å². The minimum atomic E-state index is -0.111. The van der Waals surface area contributed by atoms with Gasteiger partial charge in [-0.25, -0.2) is 0 Å². The molecule has 0 fully saturated rings. The van der Waals surface area contributed by atoms with Gasteiger partial charge in [0, 0.05) is 0 Å². The second-order valence-corrected chi connectivity index (χ2v) is 2.41. The van der Waals surface area contributed by atoms with Crippen LogP contribution in [-0.2, 0) is 14.8 Å². The van der Waals surface area contributed by atoms with Gasteiger partial charge in [-0.05, 0) is 0 Å². The number of hydrogen-bond donors (Lipinski definition) is 0. The normalized spacial score (nSPS) is 4.20. The van der Waals surface area contributed by atoms with Gasteiger partial charge in [0.2, 0.25) is 0 Å². The van der Waals surface area contributed by atoms with Crippen LogP contribution in [0.25, 0.3) is 0 Å². The SMILES string of the molecule is [CH3][AlH][Cl].[Cl][Co]. The first kappa shape index (κ1) is 9.80. The minimum absolute atomic E-state index is 0.111. The molecule has 0 amide bonds. The van der Waals surface area contributed by atoms with Gasteiger partial charge in [0.15, 0.2) is 0 Å². The molecule has 0 radical (unpaired) electrons. The fourth-order valence-corrected chi connectivity index (χ4v) is 0. The molecule has 0 spiro atoms. The number of halogens is 2. The first-order valence-corrected chi connectivity index (χ1v) is 6.09. The molecule has 0 saturated carbocycles. The Balaban J connectivity index is 0. The van der Waals surface area contributed by atoms with Gasteiger partial charge in [0.1, 0.15) is 0 Å². The third kappa shape index (κ3) is 28.1. The zero-order chi connectivity index (χ0) is 4.71. The Morgan fingerprint density at radius 2 is 1.60 bits per heavy atom. The Hall–Kier alpha value is 1.62. The van der Waals surface area contributed by atoms with E-state index in [-0.39, 0.29) is 14.3 Å². The van der Waals surface area contributed by atoms with Gasteiger partial charge in [0.25, 0.3) is 0 Å². The van der Waals surface area contributed by atoms with E-state index in [4.69, 9.17) is 10.0 Å². The van der Waals surface area contributed by atoms with Crippen LogP contribution in [0.5, 0.6) is 0 Å². The molecule has 34 valence electrons. The molecular formula is CH4AlCl2Co. The molecule has 0 aromatic heterocycles. The summed E-state index contributed by atoms with van der Waals surface area (Å²) in [7, 11) is 9.46. The summed E-state index contributed by atoms with van der Waals surface area (Å²) in [6, 6.07) is 0. The molecule has 0 aliphatic rings. The third-order valence-electron chi connectivity index (χ3n) is 0. The average molecular weight is 173 g/mol. The molecule has 5 heavy (non-hydrogen) atoms. The topological polar surface area (TPSA) is 0 Å². The average Bonchev–Trinajstić information content (AvgIpc) is 1.46. The molecule has 0 saturated heterocycles. The Bertz CT molecular complexity index is 9.61. The van der Waals surface area contributed by atoms with Crippen molar-refractivity contribution in [2.75, 3.05) is 0 Å². The van der Waals surface area contributed by atoms with E-state index in [0.717, 1.165) is 0 Å². The summed E-state index contributed by atoms with van der Waals surface area (Å²) in [6.07, 6.45) is 0. The second kappa shape index (κ2) is 17.5. The standard InChI is InChI=1S/CH3.Al.2ClH.Co.H/h1H3;;2*1H;;/q;+1;;;+1;/p-2. The molecule has 0 bridgehead atoms. The Morgan fingerprint density at radius 3 is 1.60 bits per heavy atom. The van der Waals surface area contributed by atoms with E-state index >= 15 is 0 Å². The monoisotopic (exact) mass is 172 g/mol. The van der Waals surface area contributed by atoms with Crippen LogP contribution in [0.4, 0.5) is 0 Å². The van der Waals surface area contributed by atoms with E-state index < -0.39 is 0 Å². The van der Waals surface area contributed by atoms with Crippen molar-refractivity contribution in [1.29, 1.82) is 0 Å². The molecule has 0 N–H and O–H groups in total. The Morgan fingerprint density at radius 1 is 1.60 bits per heavy atom. The maximum atomic E-state index is 5.14. The van der Waals surface area contributed by atoms with Gasteiger partial charge >= 0.3 is 39.3 Å². The summed E-state index contributed by atoms with van der Waals surface area (Å²) in [4.78, 5) is 0. The Kier molecular flexibility index (Phi) is 34.2. The summed E-state index contributed by atoms with van der Waals surface area (Å²) in [5, 5.41) is 0. The van der Waals surface area contributed by atoms with Gasteiger partial charge in [-0.3, -0.25) is 10.0 Å². The molecule has 0 atom stereocenters. The van der Waals surface area contributed by atoms with Crippen LogP contribution in [0.1, 0.15) is 0 Å². The number of hydrogen-bond acceptors (Lipinski definition) is 0. The van der Waals surface area contributed by atoms with Gasteiger partial charge in [-0.1, -0.05) is 5.79 Å². The van der Waals surface area contributed by atoms with Crippen LogP contribution < -0.4 is 0 Å². The fourth-order valence-electron chi connectivity index (χ4n) is 0. The van der Waals surface area contributed by atoms with Crippen molar-refractivity contribution >= 4 is 34.5 Å². The predicted octanol–water partition coefficient (Wildman–Crippen LogP) is 1.31. The van der Waals surface area contributed by atoms with Crippen LogP contribution >= 0.6 is 20.2 Å². The van der Waals surface area contributed by atoms with Crippen molar-refractivity contribution in [3.05, 3.63) is 0 Å². The quantitative estimate of drug-likeness (QED) is 0.484. The molecule has 0 heterocycles. The molecule has 0 aliphatic carbocycles. The second-order valence-electron chi connectivity index (χ2n) is 0.267. The van der Waals surface area contributed by atoms with E-state index in [1.807, 2.05) is 5.79 Å². The van der Waals surface area contributed by atoms with Crippen LogP contribution in [-0.4, -0.2) is 14.3 Å². The molecule has 0 rings (SSSR count). The van der Waals surface area contributed by atoms with Gasteiger partial charge in [-0.15, -0.1) is 0 Å². The zero-order valence-corrected chi connectivity index (χ0v) is 6.76. The summed E-state index contributed by atoms with van der Waals surface area (Å²) in [5.74, 6) is 2.03. The molecule has 0 aromatic rings. The Labute approximate surface area is 55.0 Å². The summed E-state index contributed by atoms with van der Waals surface area (Å²) in [5.41, 5.74) is 0. The van der Waals surface area contributed by atoms with Gasteiger partial charge in [0.05, 0.1) is 0 Å². The van der Waals surface area contributed by atoms with Crippen molar-refractivity contribution in [2.24, 2.45) is 0 Å². The van der Waals surface area contributed by atoms with E-state index in [1.165, 1.54) is 0 Å². The van der Waals surface area contributed by atoms with E-state index in [2.05, 4.69) is 25.0 Å². The van der Waals surface area contributed by atoms with Crippen LogP contribution in [0.2, 0.25) is 5.79 Å². The molecule has 0 aliphatic heterocycles. The first-order chi connectivity index (χ1) is 2.41. The molecular weight excluding hydrogens is 169 g/mol. The molecule has 0 aromatic carbocycles. The van der Waals surface area contributed by atoms with E-state index in [1.54, 1.807) is 0 Å². The molecule has 0 nitrogen and oxygen atoms in total. The van der Waals surface area contributed by atoms with Crippen molar-refractivity contribution in [3.63, 3.8) is 0 Å². The van der Waals surface area contributed by atoms with Crippen LogP contribution in [0, 0.1) is 0 Å². The van der Waals surface area contributed by atoms with Gasteiger partial charge < -0.3 is 0 Å². The molecule has 4 heteroatoms. The zero-order valence-electron chi connectivity index (χ0n) is 2.80. The summed E-state index contributed by atoms with van der Waals surface area (Å²) < 4.78 is 0. The van der Waals surface area contributed by atoms with Crippen molar-refractivity contribution < 1.29 is 14.8 Å². The van der Waals surface area contributed by atoms with Crippen molar-refractivity contribution in [2.45, 2.75) is 5.79 Å². The van der Waals surface area contributed by atoms with Crippen molar-refractivity contribution in [1.82, 2.24) is 0 Å². The van der Waals surface area contributed by atoms with Gasteiger partial charge in [-0.2, -0.15) is 0 Å². The van der Waals surface area contributed by atoms with E-state index in [9.17, 15) is 0 Å². The maximum absolute atomic E-state index is 5.14. The first-order valence-electron chi connectivity index (χ1n) is 1.10. The number of rotatable bonds is 0. The van der Waals surface area contributed by atoms with Crippen LogP contribution in [0.3, 0.4) is 0 Å². The summed E-state index contributed by atoms with van der Waals surface area (Å²) >= 11 is 2.92. The predicted molar refractivity (Wildman–Crippen MR) is 24.7 cm³/mol. The van der Waals surface area contributed by atoms with Crippen LogP contribution in [0.15, 0.2) is 0 Å². The third-order valence-corrected chi connectivity index (χ3v) is 0. The fraction of sp³-hybridized carbons (Fsp3) is 1.00.